The van der Waals surface area contributed by atoms with E-state index in [1.807, 2.05) is 13.0 Å². The lowest BCUT2D eigenvalue weighted by Gasteiger charge is -2.35. The summed E-state index contributed by atoms with van der Waals surface area (Å²) >= 11 is 0. The number of ether oxygens (including phenoxy) is 2. The molecule has 0 spiro atoms. The number of hydrogen-bond donors (Lipinski definition) is 1. The number of benzene rings is 1. The second kappa shape index (κ2) is 6.13. The third-order valence-corrected chi connectivity index (χ3v) is 3.48. The normalized spacial score (nSPS) is 22.0. The average molecular weight is 293 g/mol. The minimum Gasteiger partial charge on any atom is -0.496 e. The second-order valence-corrected chi connectivity index (χ2v) is 5.17. The fourth-order valence-corrected chi connectivity index (χ4v) is 2.39. The highest BCUT2D eigenvalue weighted by atomic mass is 16.5. The van der Waals surface area contributed by atoms with Crippen molar-refractivity contribution in [3.05, 3.63) is 29.3 Å². The van der Waals surface area contributed by atoms with Crippen LogP contribution in [0.1, 0.15) is 22.8 Å². The molecule has 1 N–H and O–H groups in total. The number of methoxy groups -OCH3 is 1. The minimum atomic E-state index is -1.05. The maximum atomic E-state index is 12.5. The van der Waals surface area contributed by atoms with E-state index in [-0.39, 0.29) is 18.6 Å². The van der Waals surface area contributed by atoms with E-state index in [0.29, 0.717) is 17.9 Å². The van der Waals surface area contributed by atoms with Crippen molar-refractivity contribution in [2.24, 2.45) is 0 Å². The number of carboxylic acids is 1. The first-order valence-corrected chi connectivity index (χ1v) is 6.74. The molecular formula is C15H19NO5. The lowest BCUT2D eigenvalue weighted by atomic mass is 10.1. The van der Waals surface area contributed by atoms with E-state index in [2.05, 4.69) is 0 Å². The number of hydrogen-bond acceptors (Lipinski definition) is 4. The van der Waals surface area contributed by atoms with Crippen molar-refractivity contribution in [2.45, 2.75) is 26.1 Å². The topological polar surface area (TPSA) is 76.1 Å². The van der Waals surface area contributed by atoms with E-state index in [0.717, 1.165) is 5.56 Å². The van der Waals surface area contributed by atoms with E-state index in [9.17, 15) is 9.59 Å². The van der Waals surface area contributed by atoms with Gasteiger partial charge in [0.05, 0.1) is 19.8 Å². The summed E-state index contributed by atoms with van der Waals surface area (Å²) in [6.07, 6.45) is -1.29. The summed E-state index contributed by atoms with van der Waals surface area (Å²) in [5.74, 6) is -0.632. The number of rotatable bonds is 3. The Morgan fingerprint density at radius 1 is 1.38 bits per heavy atom. The standard InChI is InChI=1S/C15H19NO5/c1-9-4-5-11(6-12(9)20-3)14(17)16-7-10(2)21-13(8-16)15(18)19/h4-6,10,13H,7-8H2,1-3H3,(H,18,19)/t10-,13?/m1/s1. The molecule has 1 unspecified atom stereocenters. The van der Waals surface area contributed by atoms with Crippen LogP contribution in [0.2, 0.25) is 0 Å². The van der Waals surface area contributed by atoms with Gasteiger partial charge >= 0.3 is 5.97 Å². The molecule has 0 aliphatic carbocycles. The van der Waals surface area contributed by atoms with Crippen LogP contribution in [0.3, 0.4) is 0 Å². The third kappa shape index (κ3) is 3.33. The maximum Gasteiger partial charge on any atom is 0.334 e. The fraction of sp³-hybridized carbons (Fsp3) is 0.467. The van der Waals surface area contributed by atoms with E-state index in [4.69, 9.17) is 14.6 Å². The van der Waals surface area contributed by atoms with Crippen molar-refractivity contribution >= 4 is 11.9 Å². The van der Waals surface area contributed by atoms with Gasteiger partial charge in [-0.1, -0.05) is 6.07 Å². The van der Waals surface area contributed by atoms with Crippen LogP contribution >= 0.6 is 0 Å². The molecule has 2 rings (SSSR count). The van der Waals surface area contributed by atoms with Crippen molar-refractivity contribution in [2.75, 3.05) is 20.2 Å². The lowest BCUT2D eigenvalue weighted by molar-refractivity contribution is -0.160. The van der Waals surface area contributed by atoms with Gasteiger partial charge in [-0.15, -0.1) is 0 Å². The molecule has 0 radical (unpaired) electrons. The molecule has 0 aromatic heterocycles. The Hall–Kier alpha value is -2.08. The molecule has 1 aromatic rings. The molecule has 1 aliphatic heterocycles. The molecule has 1 saturated heterocycles. The largest absolute Gasteiger partial charge is 0.496 e. The first-order valence-electron chi connectivity index (χ1n) is 6.74. The quantitative estimate of drug-likeness (QED) is 0.909. The van der Waals surface area contributed by atoms with Gasteiger partial charge in [0, 0.05) is 12.1 Å². The van der Waals surface area contributed by atoms with Crippen molar-refractivity contribution in [1.82, 2.24) is 4.90 Å². The Morgan fingerprint density at radius 2 is 2.10 bits per heavy atom. The summed E-state index contributed by atoms with van der Waals surface area (Å²) in [4.78, 5) is 25.1. The highest BCUT2D eigenvalue weighted by Gasteiger charge is 2.33. The molecule has 0 bridgehead atoms. The molecule has 2 atom stereocenters. The molecule has 1 aromatic carbocycles. The van der Waals surface area contributed by atoms with E-state index in [1.54, 1.807) is 26.2 Å². The molecule has 1 heterocycles. The van der Waals surface area contributed by atoms with Gasteiger partial charge in [-0.05, 0) is 31.5 Å². The molecule has 6 heteroatoms. The van der Waals surface area contributed by atoms with Crippen molar-refractivity contribution < 1.29 is 24.2 Å². The van der Waals surface area contributed by atoms with Gasteiger partial charge in [0.1, 0.15) is 5.75 Å². The highest BCUT2D eigenvalue weighted by Crippen LogP contribution is 2.21. The van der Waals surface area contributed by atoms with Crippen LogP contribution in [-0.2, 0) is 9.53 Å². The summed E-state index contributed by atoms with van der Waals surface area (Å²) in [7, 11) is 1.55. The summed E-state index contributed by atoms with van der Waals surface area (Å²) in [6.45, 7) is 4.07. The Kier molecular flexibility index (Phi) is 4.47. The number of carboxylic acid groups (broad SMARTS) is 1. The van der Waals surface area contributed by atoms with Crippen molar-refractivity contribution in [3.8, 4) is 5.75 Å². The molecule has 1 fully saturated rings. The van der Waals surface area contributed by atoms with Crippen LogP contribution in [0, 0.1) is 6.92 Å². The van der Waals surface area contributed by atoms with Gasteiger partial charge in [-0.25, -0.2) is 4.79 Å². The Bertz CT molecular complexity index is 557. The van der Waals surface area contributed by atoms with Crippen LogP contribution in [0.25, 0.3) is 0 Å². The molecule has 6 nitrogen and oxygen atoms in total. The van der Waals surface area contributed by atoms with Crippen molar-refractivity contribution in [3.63, 3.8) is 0 Å². The van der Waals surface area contributed by atoms with Gasteiger partial charge in [-0.2, -0.15) is 0 Å². The Labute approximate surface area is 123 Å². The summed E-state index contributed by atoms with van der Waals surface area (Å²) in [6, 6.07) is 5.20. The summed E-state index contributed by atoms with van der Waals surface area (Å²) < 4.78 is 10.5. The zero-order valence-corrected chi connectivity index (χ0v) is 12.3. The molecule has 1 amide bonds. The zero-order valence-electron chi connectivity index (χ0n) is 12.3. The molecule has 0 saturated carbocycles. The minimum absolute atomic E-state index is 0.0503. The first-order chi connectivity index (χ1) is 9.92. The number of aliphatic carboxylic acids is 1. The SMILES string of the molecule is COc1cc(C(=O)N2CC(C(=O)O)O[C@H](C)C2)ccc1C. The molecule has 114 valence electrons. The van der Waals surface area contributed by atoms with E-state index < -0.39 is 12.1 Å². The molecular weight excluding hydrogens is 274 g/mol. The van der Waals surface area contributed by atoms with Gasteiger partial charge in [-0.3, -0.25) is 4.79 Å². The fourth-order valence-electron chi connectivity index (χ4n) is 2.39. The van der Waals surface area contributed by atoms with Gasteiger partial charge in [0.15, 0.2) is 6.10 Å². The van der Waals surface area contributed by atoms with Crippen LogP contribution in [-0.4, -0.2) is 54.3 Å². The smallest absolute Gasteiger partial charge is 0.334 e. The monoisotopic (exact) mass is 293 g/mol. The van der Waals surface area contributed by atoms with Crippen molar-refractivity contribution in [1.29, 1.82) is 0 Å². The summed E-state index contributed by atoms with van der Waals surface area (Å²) in [5.41, 5.74) is 1.42. The van der Waals surface area contributed by atoms with Crippen LogP contribution in [0.15, 0.2) is 18.2 Å². The predicted molar refractivity (Wildman–Crippen MR) is 75.6 cm³/mol. The summed E-state index contributed by atoms with van der Waals surface area (Å²) in [5, 5.41) is 9.06. The average Bonchev–Trinajstić information content (AvgIpc) is 2.46. The Balaban J connectivity index is 2.20. The maximum absolute atomic E-state index is 12.5. The lowest BCUT2D eigenvalue weighted by Crippen LogP contribution is -2.51. The van der Waals surface area contributed by atoms with Gasteiger partial charge < -0.3 is 19.5 Å². The predicted octanol–water partition coefficient (Wildman–Crippen LogP) is 1.32. The number of carbonyl (C=O) groups excluding carboxylic acids is 1. The second-order valence-electron chi connectivity index (χ2n) is 5.17. The molecule has 21 heavy (non-hydrogen) atoms. The van der Waals surface area contributed by atoms with E-state index in [1.165, 1.54) is 4.90 Å². The van der Waals surface area contributed by atoms with Gasteiger partial charge in [0.25, 0.3) is 5.91 Å². The van der Waals surface area contributed by atoms with Crippen LogP contribution in [0.4, 0.5) is 0 Å². The van der Waals surface area contributed by atoms with Gasteiger partial charge in [0.2, 0.25) is 0 Å². The molecule has 1 aliphatic rings. The number of nitrogens with zero attached hydrogens (tertiary/aromatic N) is 1. The van der Waals surface area contributed by atoms with E-state index >= 15 is 0 Å². The number of morpholine rings is 1. The van der Waals surface area contributed by atoms with Crippen LogP contribution in [0.5, 0.6) is 5.75 Å². The number of amides is 1. The number of carbonyl (C=O) groups is 2. The Morgan fingerprint density at radius 3 is 2.71 bits per heavy atom. The zero-order chi connectivity index (χ0) is 15.6. The highest BCUT2D eigenvalue weighted by molar-refractivity contribution is 5.95. The first kappa shape index (κ1) is 15.3. The number of aryl methyl sites for hydroxylation is 1. The van der Waals surface area contributed by atoms with Crippen LogP contribution < -0.4 is 4.74 Å². The third-order valence-electron chi connectivity index (χ3n) is 3.48.